The lowest BCUT2D eigenvalue weighted by Gasteiger charge is -2.34. The van der Waals surface area contributed by atoms with Crippen molar-refractivity contribution in [2.75, 3.05) is 20.1 Å². The molecule has 0 radical (unpaired) electrons. The summed E-state index contributed by atoms with van der Waals surface area (Å²) in [6, 6.07) is 0. The van der Waals surface area contributed by atoms with Crippen molar-refractivity contribution in [1.82, 2.24) is 9.80 Å². The molecule has 1 amide bonds. The van der Waals surface area contributed by atoms with Crippen molar-refractivity contribution in [2.45, 2.75) is 91.3 Å². The van der Waals surface area contributed by atoms with Crippen LogP contribution in [0, 0.1) is 5.92 Å². The first-order valence-corrected chi connectivity index (χ1v) is 11.6. The average molecular weight is 463 g/mol. The van der Waals surface area contributed by atoms with Gasteiger partial charge in [-0.25, -0.2) is 0 Å². The highest BCUT2D eigenvalue weighted by Crippen LogP contribution is 2.22. The number of rotatable bonds is 15. The minimum absolute atomic E-state index is 0.134. The molecule has 0 spiro atoms. The molecule has 7 nitrogen and oxygen atoms in total. The third-order valence-electron chi connectivity index (χ3n) is 5.31. The number of amides is 1. The van der Waals surface area contributed by atoms with E-state index in [2.05, 4.69) is 0 Å². The Bertz CT molecular complexity index is 585. The quantitative estimate of drug-likeness (QED) is 0.169. The number of nitrogens with zero attached hydrogens (tertiary/aromatic N) is 2. The minimum atomic E-state index is -1.71. The van der Waals surface area contributed by atoms with E-state index < -0.39 is 18.1 Å². The average Bonchev–Trinajstić information content (AvgIpc) is 2.68. The molecule has 0 aliphatic carbocycles. The number of hydrogen-bond acceptors (Lipinski definition) is 6. The molecular formula is C23H43ClN2O5. The predicted octanol–water partition coefficient (Wildman–Crippen LogP) is 3.17. The molecule has 0 fully saturated rings. The van der Waals surface area contributed by atoms with Gasteiger partial charge in [0, 0.05) is 37.3 Å². The number of likely N-dealkylation sites (N-methyl/N-ethyl adjacent to an activating group) is 1. The first kappa shape index (κ1) is 29.9. The van der Waals surface area contributed by atoms with Crippen LogP contribution in [0.1, 0.15) is 73.1 Å². The molecule has 0 aliphatic heterocycles. The van der Waals surface area contributed by atoms with Gasteiger partial charge in [0.1, 0.15) is 6.10 Å². The van der Waals surface area contributed by atoms with Crippen LogP contribution in [0.5, 0.6) is 0 Å². The van der Waals surface area contributed by atoms with Gasteiger partial charge in [-0.2, -0.15) is 0 Å². The first-order valence-electron chi connectivity index (χ1n) is 11.2. The molecular weight excluding hydrogens is 420 g/mol. The Hall–Kier alpha value is -1.12. The fraction of sp³-hybridized carbons (Fsp3) is 0.783. The lowest BCUT2D eigenvalue weighted by Crippen LogP contribution is -2.45. The molecule has 0 aromatic carbocycles. The molecule has 0 saturated carbocycles. The number of aliphatic hydroxyl groups is 4. The fourth-order valence-electron chi connectivity index (χ4n) is 3.26. The van der Waals surface area contributed by atoms with Gasteiger partial charge in [0.15, 0.2) is 12.0 Å². The Morgan fingerprint density at radius 1 is 1.13 bits per heavy atom. The number of halogens is 1. The van der Waals surface area contributed by atoms with Crippen molar-refractivity contribution in [2.24, 2.45) is 5.92 Å². The first-order chi connectivity index (χ1) is 14.3. The summed E-state index contributed by atoms with van der Waals surface area (Å²) in [5, 5.41) is 40.6. The van der Waals surface area contributed by atoms with E-state index in [-0.39, 0.29) is 24.7 Å². The Morgan fingerprint density at radius 3 is 2.23 bits per heavy atom. The third kappa shape index (κ3) is 12.5. The van der Waals surface area contributed by atoms with E-state index >= 15 is 0 Å². The highest BCUT2D eigenvalue weighted by Gasteiger charge is 2.28. The van der Waals surface area contributed by atoms with Crippen molar-refractivity contribution in [3.05, 3.63) is 22.9 Å². The second-order valence-electron chi connectivity index (χ2n) is 8.51. The molecule has 0 saturated heterocycles. The van der Waals surface area contributed by atoms with Gasteiger partial charge in [0.05, 0.1) is 6.42 Å². The maximum absolute atomic E-state index is 12.7. The van der Waals surface area contributed by atoms with Crippen molar-refractivity contribution in [3.8, 4) is 0 Å². The molecule has 31 heavy (non-hydrogen) atoms. The van der Waals surface area contributed by atoms with E-state index in [1.54, 1.807) is 29.8 Å². The fourth-order valence-corrected chi connectivity index (χ4v) is 3.32. The molecule has 0 rings (SSSR count). The number of unbranched alkanes of at least 4 members (excludes halogenated alkanes) is 1. The summed E-state index contributed by atoms with van der Waals surface area (Å²) >= 11 is 5.94. The van der Waals surface area contributed by atoms with Crippen molar-refractivity contribution in [1.29, 1.82) is 0 Å². The molecule has 182 valence electrons. The summed E-state index contributed by atoms with van der Waals surface area (Å²) in [5.41, 5.74) is 0.822. The second-order valence-corrected chi connectivity index (χ2v) is 9.10. The number of aliphatic hydroxyl groups excluding tert-OH is 2. The highest BCUT2D eigenvalue weighted by molar-refractivity contribution is 6.29. The number of hydrogen-bond donors (Lipinski definition) is 4. The number of carbonyl (C=O) groups excluding carboxylic acids is 1. The predicted molar refractivity (Wildman–Crippen MR) is 125 cm³/mol. The molecule has 0 aromatic rings. The van der Waals surface area contributed by atoms with E-state index in [9.17, 15) is 25.2 Å². The van der Waals surface area contributed by atoms with Gasteiger partial charge in [-0.1, -0.05) is 32.4 Å². The topological polar surface area (TPSA) is 104 Å². The summed E-state index contributed by atoms with van der Waals surface area (Å²) in [5.74, 6) is -1.80. The summed E-state index contributed by atoms with van der Waals surface area (Å²) in [4.78, 5) is 16.0. The van der Waals surface area contributed by atoms with Crippen LogP contribution in [0.4, 0.5) is 0 Å². The van der Waals surface area contributed by atoms with E-state index in [1.807, 2.05) is 26.8 Å². The summed E-state index contributed by atoms with van der Waals surface area (Å²) in [6.07, 6.45) is 3.95. The Kier molecular flexibility index (Phi) is 14.3. The van der Waals surface area contributed by atoms with E-state index in [4.69, 9.17) is 11.6 Å². The maximum atomic E-state index is 12.7. The van der Waals surface area contributed by atoms with Gasteiger partial charge in [-0.3, -0.25) is 4.79 Å². The number of carbonyl (C=O) groups is 1. The third-order valence-corrected chi connectivity index (χ3v) is 5.43. The zero-order valence-corrected chi connectivity index (χ0v) is 20.8. The monoisotopic (exact) mass is 462 g/mol. The zero-order chi connectivity index (χ0) is 24.2. The summed E-state index contributed by atoms with van der Waals surface area (Å²) < 4.78 is 0. The van der Waals surface area contributed by atoms with Crippen LogP contribution < -0.4 is 0 Å². The molecule has 0 aromatic heterocycles. The molecule has 3 unspecified atom stereocenters. The standard InChI is InChI=1S/C23H43ClN2O5/c1-7-14-26(15-10-9-13-23(5,30)31)21(28)16-20(27)22(29)25(6)19(17(3)8-2)12-11-18(4)24/h11-12,17,20,22,27,29-31H,7-10,13-16H2,1-6H3. The van der Waals surface area contributed by atoms with Crippen LogP contribution in [-0.2, 0) is 4.79 Å². The Balaban J connectivity index is 5.07. The van der Waals surface area contributed by atoms with Gasteiger partial charge < -0.3 is 30.2 Å². The van der Waals surface area contributed by atoms with Gasteiger partial charge in [-0.15, -0.1) is 0 Å². The highest BCUT2D eigenvalue weighted by atomic mass is 35.5. The van der Waals surface area contributed by atoms with Crippen molar-refractivity contribution < 1.29 is 25.2 Å². The van der Waals surface area contributed by atoms with Gasteiger partial charge in [-0.05, 0) is 57.6 Å². The Morgan fingerprint density at radius 2 is 1.74 bits per heavy atom. The van der Waals surface area contributed by atoms with E-state index in [0.717, 1.165) is 18.5 Å². The maximum Gasteiger partial charge on any atom is 0.225 e. The van der Waals surface area contributed by atoms with Gasteiger partial charge >= 0.3 is 0 Å². The van der Waals surface area contributed by atoms with Crippen molar-refractivity contribution >= 4 is 17.5 Å². The minimum Gasteiger partial charge on any atom is -0.388 e. The lowest BCUT2D eigenvalue weighted by molar-refractivity contribution is -0.150. The molecule has 4 N–H and O–H groups in total. The van der Waals surface area contributed by atoms with Crippen LogP contribution >= 0.6 is 11.6 Å². The van der Waals surface area contributed by atoms with E-state index in [1.165, 1.54) is 6.92 Å². The van der Waals surface area contributed by atoms with Crippen molar-refractivity contribution in [3.63, 3.8) is 0 Å². The number of allylic oxidation sites excluding steroid dienone is 4. The molecule has 0 aliphatic rings. The lowest BCUT2D eigenvalue weighted by atomic mass is 10.0. The molecule has 8 heteroatoms. The van der Waals surface area contributed by atoms with Gasteiger partial charge in [0.2, 0.25) is 5.91 Å². The van der Waals surface area contributed by atoms with Crippen LogP contribution in [0.25, 0.3) is 0 Å². The normalized spacial score (nSPS) is 16.1. The SMILES string of the molecule is CCCN(CCCCC(C)(O)O)C(=O)CC(O)C(O)N(C)C(=CC=C(C)Cl)C(C)CC. The van der Waals surface area contributed by atoms with Crippen LogP contribution in [0.3, 0.4) is 0 Å². The zero-order valence-electron chi connectivity index (χ0n) is 20.0. The largest absolute Gasteiger partial charge is 0.388 e. The summed E-state index contributed by atoms with van der Waals surface area (Å²) in [7, 11) is 1.69. The molecule has 0 heterocycles. The van der Waals surface area contributed by atoms with Crippen LogP contribution in [0.15, 0.2) is 22.9 Å². The Labute approximate surface area is 193 Å². The molecule has 3 atom stereocenters. The van der Waals surface area contributed by atoms with E-state index in [0.29, 0.717) is 31.0 Å². The second kappa shape index (κ2) is 14.9. The smallest absolute Gasteiger partial charge is 0.225 e. The molecule has 0 bridgehead atoms. The van der Waals surface area contributed by atoms with Crippen LogP contribution in [0.2, 0.25) is 0 Å². The van der Waals surface area contributed by atoms with Gasteiger partial charge in [0.25, 0.3) is 0 Å². The van der Waals surface area contributed by atoms with Crippen LogP contribution in [-0.4, -0.2) is 74.4 Å². The summed E-state index contributed by atoms with van der Waals surface area (Å²) in [6.45, 7) is 10.1.